The Labute approximate surface area is 245 Å². The van der Waals surface area contributed by atoms with Gasteiger partial charge in [-0.2, -0.15) is 0 Å². The highest BCUT2D eigenvalue weighted by Gasteiger charge is 2.32. The van der Waals surface area contributed by atoms with Gasteiger partial charge in [-0.25, -0.2) is 8.78 Å². The Hall–Kier alpha value is -3.82. The molecule has 3 aromatic rings. The van der Waals surface area contributed by atoms with E-state index in [1.807, 2.05) is 23.3 Å². The molecule has 7 nitrogen and oxygen atoms in total. The summed E-state index contributed by atoms with van der Waals surface area (Å²) in [6.45, 7) is 5.14. The molecule has 4 rings (SSSR count). The molecule has 1 aromatic heterocycles. The molecule has 1 fully saturated rings. The highest BCUT2D eigenvalue weighted by molar-refractivity contribution is 6.06. The maximum Gasteiger partial charge on any atom is 0.308 e. The first-order valence-electron chi connectivity index (χ1n) is 14.3. The molecule has 42 heavy (non-hydrogen) atoms. The summed E-state index contributed by atoms with van der Waals surface area (Å²) in [4.78, 5) is 27.7. The van der Waals surface area contributed by atoms with Crippen LogP contribution in [-0.4, -0.2) is 64.0 Å². The molecular weight excluding hydrogens is 542 g/mol. The van der Waals surface area contributed by atoms with E-state index in [-0.39, 0.29) is 24.8 Å². The summed E-state index contributed by atoms with van der Waals surface area (Å²) in [6, 6.07) is 11.7. The zero-order valence-corrected chi connectivity index (χ0v) is 24.2. The summed E-state index contributed by atoms with van der Waals surface area (Å²) in [7, 11) is 1.23. The van der Waals surface area contributed by atoms with Crippen LogP contribution >= 0.6 is 0 Å². The van der Waals surface area contributed by atoms with Crippen molar-refractivity contribution >= 4 is 18.0 Å². The lowest BCUT2D eigenvalue weighted by Crippen LogP contribution is -2.37. The Morgan fingerprint density at radius 1 is 0.905 bits per heavy atom. The van der Waals surface area contributed by atoms with Crippen molar-refractivity contribution < 1.29 is 33.3 Å². The molecule has 1 aliphatic heterocycles. The van der Waals surface area contributed by atoms with Gasteiger partial charge in [-0.05, 0) is 74.6 Å². The third-order valence-electron chi connectivity index (χ3n) is 7.49. The van der Waals surface area contributed by atoms with Gasteiger partial charge in [-0.1, -0.05) is 30.3 Å². The summed E-state index contributed by atoms with van der Waals surface area (Å²) < 4.78 is 34.6. The highest BCUT2D eigenvalue weighted by Crippen LogP contribution is 2.43. The number of aromatic nitrogens is 1. The van der Waals surface area contributed by atoms with E-state index in [0.717, 1.165) is 19.3 Å². The normalized spacial score (nSPS) is 15.3. The summed E-state index contributed by atoms with van der Waals surface area (Å²) >= 11 is 0. The first-order valence-corrected chi connectivity index (χ1v) is 14.3. The number of likely N-dealkylation sites (tertiary alicyclic amines) is 1. The van der Waals surface area contributed by atoms with E-state index in [1.54, 1.807) is 30.3 Å². The van der Waals surface area contributed by atoms with Crippen LogP contribution in [0.2, 0.25) is 0 Å². The number of hydrogen-bond donors (Lipinski definition) is 2. The second-order valence-electron chi connectivity index (χ2n) is 10.9. The van der Waals surface area contributed by atoms with Gasteiger partial charge in [-0.3, -0.25) is 9.59 Å². The molecule has 2 aromatic carbocycles. The van der Waals surface area contributed by atoms with Gasteiger partial charge in [0.1, 0.15) is 17.3 Å². The maximum atomic E-state index is 14.3. The van der Waals surface area contributed by atoms with Crippen LogP contribution in [0.5, 0.6) is 0 Å². The molecule has 0 unspecified atom stereocenters. The molecular formula is C33H38F2N2O5. The Bertz CT molecular complexity index is 1410. The first-order chi connectivity index (χ1) is 20.1. The minimum atomic E-state index is -1.11. The predicted molar refractivity (Wildman–Crippen MR) is 158 cm³/mol. The van der Waals surface area contributed by atoms with Gasteiger partial charge in [0, 0.05) is 42.4 Å². The molecule has 9 heteroatoms. The average Bonchev–Trinajstić information content (AvgIpc) is 3.32. The molecule has 1 saturated heterocycles. The number of carbonyl (C=O) groups is 2. The summed E-state index contributed by atoms with van der Waals surface area (Å²) in [5.74, 6) is -1.57. The molecule has 0 aliphatic carbocycles. The fourth-order valence-electron chi connectivity index (χ4n) is 5.49. The third kappa shape index (κ3) is 7.14. The zero-order valence-electron chi connectivity index (χ0n) is 24.2. The van der Waals surface area contributed by atoms with Crippen molar-refractivity contribution in [3.63, 3.8) is 0 Å². The fourth-order valence-corrected chi connectivity index (χ4v) is 5.49. The second kappa shape index (κ2) is 13.9. The number of piperidine rings is 1. The third-order valence-corrected chi connectivity index (χ3v) is 7.49. The van der Waals surface area contributed by atoms with Gasteiger partial charge in [0.2, 0.25) is 0 Å². The molecule has 2 heterocycles. The van der Waals surface area contributed by atoms with E-state index < -0.39 is 29.8 Å². The molecule has 2 atom stereocenters. The van der Waals surface area contributed by atoms with Gasteiger partial charge in [0.05, 0.1) is 25.7 Å². The number of halogens is 2. The van der Waals surface area contributed by atoms with Gasteiger partial charge in [0.25, 0.3) is 5.91 Å². The van der Waals surface area contributed by atoms with E-state index in [9.17, 15) is 28.6 Å². The van der Waals surface area contributed by atoms with Crippen molar-refractivity contribution in [2.24, 2.45) is 0 Å². The lowest BCUT2D eigenvalue weighted by molar-refractivity contribution is -0.143. The SMILES string of the molecule is COC(=O)C[C@H](O)C[C@@H](O)/C=C/c1c(-c2ccc(F)cc2)c(-c2ccc(F)cc2)c(C(=O)N2CCCCC2)n1C(C)C. The zero-order chi connectivity index (χ0) is 30.4. The van der Waals surface area contributed by atoms with Crippen molar-refractivity contribution in [2.75, 3.05) is 20.2 Å². The monoisotopic (exact) mass is 580 g/mol. The van der Waals surface area contributed by atoms with Gasteiger partial charge in [0.15, 0.2) is 0 Å². The number of aliphatic hydroxyl groups is 2. The number of esters is 1. The van der Waals surface area contributed by atoms with E-state index in [1.165, 1.54) is 37.5 Å². The second-order valence-corrected chi connectivity index (χ2v) is 10.9. The van der Waals surface area contributed by atoms with Crippen molar-refractivity contribution in [3.05, 3.63) is 77.6 Å². The average molecular weight is 581 g/mol. The van der Waals surface area contributed by atoms with Crippen molar-refractivity contribution in [1.82, 2.24) is 9.47 Å². The van der Waals surface area contributed by atoms with Crippen LogP contribution in [0.4, 0.5) is 8.78 Å². The molecule has 0 spiro atoms. The maximum absolute atomic E-state index is 14.3. The van der Waals surface area contributed by atoms with E-state index in [4.69, 9.17) is 0 Å². The highest BCUT2D eigenvalue weighted by atomic mass is 19.1. The van der Waals surface area contributed by atoms with Crippen LogP contribution < -0.4 is 0 Å². The quantitative estimate of drug-likeness (QED) is 0.287. The number of aliphatic hydroxyl groups excluding tert-OH is 2. The van der Waals surface area contributed by atoms with Crippen molar-refractivity contribution in [3.8, 4) is 22.3 Å². The van der Waals surface area contributed by atoms with Crippen molar-refractivity contribution in [1.29, 1.82) is 0 Å². The van der Waals surface area contributed by atoms with Crippen molar-refractivity contribution in [2.45, 2.75) is 64.2 Å². The molecule has 1 amide bonds. The minimum Gasteiger partial charge on any atom is -0.469 e. The lowest BCUT2D eigenvalue weighted by atomic mass is 9.94. The predicted octanol–water partition coefficient (Wildman–Crippen LogP) is 6.00. The Kier molecular flexibility index (Phi) is 10.3. The molecule has 0 radical (unpaired) electrons. The summed E-state index contributed by atoms with van der Waals surface area (Å²) in [6.07, 6.45) is 3.45. The minimum absolute atomic E-state index is 0.107. The van der Waals surface area contributed by atoms with Crippen LogP contribution in [0.3, 0.4) is 0 Å². The summed E-state index contributed by atoms with van der Waals surface area (Å²) in [5.41, 5.74) is 3.51. The largest absolute Gasteiger partial charge is 0.469 e. The Morgan fingerprint density at radius 3 is 1.98 bits per heavy atom. The number of methoxy groups -OCH3 is 1. The van der Waals surface area contributed by atoms with Crippen LogP contribution in [0.15, 0.2) is 54.6 Å². The molecule has 224 valence electrons. The van der Waals surface area contributed by atoms with Crippen LogP contribution in [0.1, 0.15) is 68.2 Å². The lowest BCUT2D eigenvalue weighted by Gasteiger charge is -2.28. The molecule has 2 N–H and O–H groups in total. The van der Waals surface area contributed by atoms with Gasteiger partial charge >= 0.3 is 5.97 Å². The first kappa shape index (κ1) is 31.1. The van der Waals surface area contributed by atoms with E-state index in [0.29, 0.717) is 46.7 Å². The topological polar surface area (TPSA) is 92.0 Å². The number of carbonyl (C=O) groups excluding carboxylic acids is 2. The number of ether oxygens (including phenoxy) is 1. The number of rotatable bonds is 10. The van der Waals surface area contributed by atoms with Gasteiger partial charge < -0.3 is 24.4 Å². The van der Waals surface area contributed by atoms with Crippen LogP contribution in [-0.2, 0) is 9.53 Å². The number of amides is 1. The van der Waals surface area contributed by atoms with E-state index >= 15 is 0 Å². The molecule has 0 saturated carbocycles. The smallest absolute Gasteiger partial charge is 0.308 e. The molecule has 1 aliphatic rings. The fraction of sp³-hybridized carbons (Fsp3) is 0.394. The van der Waals surface area contributed by atoms with Crippen LogP contribution in [0.25, 0.3) is 28.3 Å². The molecule has 0 bridgehead atoms. The van der Waals surface area contributed by atoms with E-state index in [2.05, 4.69) is 4.74 Å². The van der Waals surface area contributed by atoms with Gasteiger partial charge in [-0.15, -0.1) is 0 Å². The number of nitrogens with zero attached hydrogens (tertiary/aromatic N) is 2. The summed E-state index contributed by atoms with van der Waals surface area (Å²) in [5, 5.41) is 21.0. The number of benzene rings is 2. The van der Waals surface area contributed by atoms with Crippen LogP contribution in [0, 0.1) is 11.6 Å². The Balaban J connectivity index is 1.94. The number of hydrogen-bond acceptors (Lipinski definition) is 5. The standard InChI is InChI=1S/C33H38F2N2O5/c1-21(2)37-28(16-15-26(38)19-27(39)20-29(40)42-3)30(22-7-11-24(34)12-8-22)31(23-9-13-25(35)14-10-23)32(37)33(41)36-17-5-4-6-18-36/h7-16,21,26-27,38-39H,4-6,17-20H2,1-3H3/b16-15+/t26-,27+/m0/s1. The Morgan fingerprint density at radius 2 is 1.45 bits per heavy atom.